The van der Waals surface area contributed by atoms with E-state index in [0.29, 0.717) is 0 Å². The fraction of sp³-hybridized carbons (Fsp3) is 0.833. The van der Waals surface area contributed by atoms with Gasteiger partial charge in [0.1, 0.15) is 5.78 Å². The molecule has 0 aromatic heterocycles. The second-order valence-corrected chi connectivity index (χ2v) is 2.17. The van der Waals surface area contributed by atoms with Gasteiger partial charge < -0.3 is 15.5 Å². The molecule has 0 heterocycles. The van der Waals surface area contributed by atoms with E-state index in [2.05, 4.69) is 5.32 Å². The van der Waals surface area contributed by atoms with Crippen LogP contribution in [0.15, 0.2) is 0 Å². The zero-order chi connectivity index (χ0) is 7.98. The van der Waals surface area contributed by atoms with Gasteiger partial charge in [-0.25, -0.2) is 0 Å². The molecule has 0 fully saturated rings. The third-order valence-electron chi connectivity index (χ3n) is 0.965. The molecule has 0 saturated heterocycles. The highest BCUT2D eigenvalue weighted by molar-refractivity contribution is 5.77. The quantitative estimate of drug-likeness (QED) is 0.443. The Morgan fingerprint density at radius 1 is 1.70 bits per heavy atom. The summed E-state index contributed by atoms with van der Waals surface area (Å²) in [7, 11) is 0. The summed E-state index contributed by atoms with van der Waals surface area (Å²) < 4.78 is 0. The predicted molar refractivity (Wildman–Crippen MR) is 36.6 cm³/mol. The maximum absolute atomic E-state index is 10.3. The Balaban J connectivity index is 3.11. The topological polar surface area (TPSA) is 69.6 Å². The van der Waals surface area contributed by atoms with Crippen LogP contribution in [-0.2, 0) is 4.79 Å². The van der Waals surface area contributed by atoms with Crippen molar-refractivity contribution in [2.75, 3.05) is 19.7 Å². The van der Waals surface area contributed by atoms with Gasteiger partial charge in [-0.2, -0.15) is 0 Å². The Bertz CT molecular complexity index is 105. The molecule has 0 spiro atoms. The van der Waals surface area contributed by atoms with Gasteiger partial charge in [-0.15, -0.1) is 0 Å². The van der Waals surface area contributed by atoms with Gasteiger partial charge in [0.15, 0.2) is 0 Å². The first-order valence-electron chi connectivity index (χ1n) is 3.16. The standard InChI is InChI=1S/C6H13NO3/c1-5(9)2-7-3-6(10)4-8/h6-8,10H,2-4H2,1H3/t6-/m1/s1. The summed E-state index contributed by atoms with van der Waals surface area (Å²) in [6, 6.07) is 0. The molecule has 1 atom stereocenters. The third-order valence-corrected chi connectivity index (χ3v) is 0.965. The van der Waals surface area contributed by atoms with Crippen molar-refractivity contribution in [1.29, 1.82) is 0 Å². The van der Waals surface area contributed by atoms with Gasteiger partial charge in [0, 0.05) is 6.54 Å². The van der Waals surface area contributed by atoms with E-state index in [9.17, 15) is 4.79 Å². The van der Waals surface area contributed by atoms with Gasteiger partial charge in [-0.1, -0.05) is 0 Å². The second kappa shape index (κ2) is 5.34. The molecular weight excluding hydrogens is 134 g/mol. The summed E-state index contributed by atoms with van der Waals surface area (Å²) >= 11 is 0. The minimum absolute atomic E-state index is 0.0186. The zero-order valence-corrected chi connectivity index (χ0v) is 6.00. The fourth-order valence-corrected chi connectivity index (χ4v) is 0.479. The van der Waals surface area contributed by atoms with E-state index in [1.165, 1.54) is 6.92 Å². The molecule has 0 aliphatic heterocycles. The number of Topliss-reactive ketones (excluding diaryl/α,β-unsaturated/α-hetero) is 1. The predicted octanol–water partition coefficient (Wildman–Crippen LogP) is -1.48. The Morgan fingerprint density at radius 2 is 2.30 bits per heavy atom. The van der Waals surface area contributed by atoms with Crippen molar-refractivity contribution >= 4 is 5.78 Å². The van der Waals surface area contributed by atoms with Gasteiger partial charge in [-0.3, -0.25) is 4.79 Å². The largest absolute Gasteiger partial charge is 0.394 e. The highest BCUT2D eigenvalue weighted by Crippen LogP contribution is 1.75. The molecule has 3 N–H and O–H groups in total. The van der Waals surface area contributed by atoms with Crippen molar-refractivity contribution in [1.82, 2.24) is 5.32 Å². The zero-order valence-electron chi connectivity index (χ0n) is 6.00. The Labute approximate surface area is 59.9 Å². The molecular formula is C6H13NO3. The normalized spacial score (nSPS) is 13.1. The average molecular weight is 147 g/mol. The Kier molecular flexibility index (Phi) is 5.10. The molecule has 0 aromatic rings. The van der Waals surface area contributed by atoms with E-state index in [1.807, 2.05) is 0 Å². The van der Waals surface area contributed by atoms with Gasteiger partial charge in [0.25, 0.3) is 0 Å². The summed E-state index contributed by atoms with van der Waals surface area (Å²) in [5, 5.41) is 19.7. The summed E-state index contributed by atoms with van der Waals surface area (Å²) in [5.41, 5.74) is 0. The van der Waals surface area contributed by atoms with E-state index in [-0.39, 0.29) is 25.5 Å². The van der Waals surface area contributed by atoms with Gasteiger partial charge in [0.2, 0.25) is 0 Å². The highest BCUT2D eigenvalue weighted by atomic mass is 16.3. The average Bonchev–Trinajstić information content (AvgIpc) is 1.87. The van der Waals surface area contributed by atoms with E-state index in [4.69, 9.17) is 10.2 Å². The lowest BCUT2D eigenvalue weighted by atomic mass is 10.3. The van der Waals surface area contributed by atoms with Crippen LogP contribution in [0.25, 0.3) is 0 Å². The summed E-state index contributed by atoms with van der Waals surface area (Å²) in [6.45, 7) is 1.69. The van der Waals surface area contributed by atoms with Crippen molar-refractivity contribution in [2.24, 2.45) is 0 Å². The van der Waals surface area contributed by atoms with E-state index < -0.39 is 6.10 Å². The van der Waals surface area contributed by atoms with Crippen LogP contribution in [-0.4, -0.2) is 41.8 Å². The SMILES string of the molecule is CC(=O)CNC[C@@H](O)CO. The number of carbonyl (C=O) groups excluding carboxylic acids is 1. The molecule has 0 aliphatic rings. The number of hydrogen-bond donors (Lipinski definition) is 3. The maximum Gasteiger partial charge on any atom is 0.143 e. The number of aliphatic hydroxyl groups excluding tert-OH is 2. The Hall–Kier alpha value is -0.450. The van der Waals surface area contributed by atoms with Crippen molar-refractivity contribution in [3.05, 3.63) is 0 Å². The molecule has 4 heteroatoms. The molecule has 0 aliphatic carbocycles. The van der Waals surface area contributed by atoms with Crippen molar-refractivity contribution in [3.8, 4) is 0 Å². The maximum atomic E-state index is 10.3. The van der Waals surface area contributed by atoms with Crippen LogP contribution >= 0.6 is 0 Å². The lowest BCUT2D eigenvalue weighted by Crippen LogP contribution is -2.32. The molecule has 0 aromatic carbocycles. The molecule has 0 amide bonds. The molecule has 0 rings (SSSR count). The molecule has 10 heavy (non-hydrogen) atoms. The van der Waals surface area contributed by atoms with Crippen LogP contribution in [0.1, 0.15) is 6.92 Å². The lowest BCUT2D eigenvalue weighted by Gasteiger charge is -2.06. The van der Waals surface area contributed by atoms with Crippen LogP contribution in [0.3, 0.4) is 0 Å². The second-order valence-electron chi connectivity index (χ2n) is 2.17. The molecule has 0 radical (unpaired) electrons. The molecule has 4 nitrogen and oxygen atoms in total. The molecule has 0 bridgehead atoms. The fourth-order valence-electron chi connectivity index (χ4n) is 0.479. The van der Waals surface area contributed by atoms with E-state index in [0.717, 1.165) is 0 Å². The number of hydrogen-bond acceptors (Lipinski definition) is 4. The number of ketones is 1. The summed E-state index contributed by atoms with van der Waals surface area (Å²) in [6.07, 6.45) is -0.764. The van der Waals surface area contributed by atoms with Crippen molar-refractivity contribution in [3.63, 3.8) is 0 Å². The van der Waals surface area contributed by atoms with Gasteiger partial charge >= 0.3 is 0 Å². The first kappa shape index (κ1) is 9.55. The minimum atomic E-state index is -0.764. The van der Waals surface area contributed by atoms with Crippen LogP contribution < -0.4 is 5.32 Å². The monoisotopic (exact) mass is 147 g/mol. The van der Waals surface area contributed by atoms with Gasteiger partial charge in [-0.05, 0) is 6.92 Å². The molecule has 0 saturated carbocycles. The van der Waals surface area contributed by atoms with Crippen LogP contribution in [0.2, 0.25) is 0 Å². The van der Waals surface area contributed by atoms with Crippen LogP contribution in [0, 0.1) is 0 Å². The first-order valence-corrected chi connectivity index (χ1v) is 3.16. The lowest BCUT2D eigenvalue weighted by molar-refractivity contribution is -0.116. The summed E-state index contributed by atoms with van der Waals surface area (Å²) in [5.74, 6) is 0.0186. The van der Waals surface area contributed by atoms with Crippen molar-refractivity contribution in [2.45, 2.75) is 13.0 Å². The van der Waals surface area contributed by atoms with Gasteiger partial charge in [0.05, 0.1) is 19.3 Å². The highest BCUT2D eigenvalue weighted by Gasteiger charge is 2.00. The van der Waals surface area contributed by atoms with Crippen molar-refractivity contribution < 1.29 is 15.0 Å². The third kappa shape index (κ3) is 5.68. The number of rotatable bonds is 5. The van der Waals surface area contributed by atoms with E-state index >= 15 is 0 Å². The van der Waals surface area contributed by atoms with Crippen LogP contribution in [0.4, 0.5) is 0 Å². The minimum Gasteiger partial charge on any atom is -0.394 e. The number of carbonyl (C=O) groups is 1. The first-order chi connectivity index (χ1) is 4.66. The van der Waals surface area contributed by atoms with Crippen LogP contribution in [0.5, 0.6) is 0 Å². The summed E-state index contributed by atoms with van der Waals surface area (Å²) in [4.78, 5) is 10.3. The molecule has 0 unspecified atom stereocenters. The number of aliphatic hydroxyl groups is 2. The van der Waals surface area contributed by atoms with E-state index in [1.54, 1.807) is 0 Å². The Morgan fingerprint density at radius 3 is 2.70 bits per heavy atom. The smallest absolute Gasteiger partial charge is 0.143 e. The number of nitrogens with one attached hydrogen (secondary N) is 1. The molecule has 60 valence electrons.